The van der Waals surface area contributed by atoms with Crippen LogP contribution in [-0.4, -0.2) is 133 Å². The van der Waals surface area contributed by atoms with Crippen molar-refractivity contribution in [2.75, 3.05) is 20.1 Å². The Hall–Kier alpha value is -2.16. The number of likely N-dealkylation sites (tertiary alicyclic amines) is 2. The van der Waals surface area contributed by atoms with Gasteiger partial charge in [0.25, 0.3) is 0 Å². The Morgan fingerprint density at radius 1 is 1.11 bits per heavy atom. The Morgan fingerprint density at radius 2 is 1.84 bits per heavy atom. The molecule has 12 heteroatoms. The Balaban J connectivity index is 1.42. The van der Waals surface area contributed by atoms with Crippen molar-refractivity contribution in [3.8, 4) is 23.5 Å². The van der Waals surface area contributed by atoms with Crippen LogP contribution in [0.3, 0.4) is 0 Å². The topological polar surface area (TPSA) is 116 Å². The van der Waals surface area contributed by atoms with Crippen LogP contribution in [0.1, 0.15) is 72.2 Å². The third-order valence-corrected chi connectivity index (χ3v) is 11.5. The molecule has 4 atom stereocenters. The Bertz CT molecular complexity index is 1430. The van der Waals surface area contributed by atoms with Gasteiger partial charge in [0.1, 0.15) is 0 Å². The van der Waals surface area contributed by atoms with Gasteiger partial charge in [0.05, 0.1) is 0 Å². The second-order valence-electron chi connectivity index (χ2n) is 13.5. The van der Waals surface area contributed by atoms with E-state index in [9.17, 15) is 4.79 Å². The normalized spacial score (nSPS) is 21.8. The van der Waals surface area contributed by atoms with Crippen LogP contribution in [0.4, 0.5) is 4.79 Å². The van der Waals surface area contributed by atoms with Gasteiger partial charge in [-0.05, 0) is 39.4 Å². The van der Waals surface area contributed by atoms with E-state index in [1.54, 1.807) is 6.07 Å². The molecule has 2 aliphatic rings. The van der Waals surface area contributed by atoms with Gasteiger partial charge in [0.2, 0.25) is 0 Å². The van der Waals surface area contributed by atoms with Crippen LogP contribution >= 0.6 is 0 Å². The zero-order valence-corrected chi connectivity index (χ0v) is 33.5. The fraction of sp³-hybridized carbons (Fsp3) is 0.594. The summed E-state index contributed by atoms with van der Waals surface area (Å²) in [6.07, 6.45) is 2.27. The number of nitrogens with zero attached hydrogens (tertiary/aromatic N) is 6. The number of hydrogen-bond acceptors (Lipinski definition) is 10. The molecule has 0 N–H and O–H groups in total. The number of carbonyl (C=O) groups is 1. The Morgan fingerprint density at radius 3 is 2.50 bits per heavy atom. The molecule has 0 bridgehead atoms. The Kier molecular flexibility index (Phi) is 10.3. The summed E-state index contributed by atoms with van der Waals surface area (Å²) in [6, 6.07) is 12.2. The standard InChI is InChI=1S/C32H43N6O5.Ba.H/c1-20-17-23(19-38(20)30(39)42-31(3,4)5)41-26-18-25(40-21(2)24-15-12-16-37(24)8)33-27(34-26)28-35-29(36-43-28)32(6,7)22-13-10-9-11-14-22;;/h9-11,13-14,18,20-21,23-24H,1,12,15-17,19H2,2-8H3;;/t20-,21-,23+,24-;;/m0../s1. The van der Waals surface area contributed by atoms with Crippen LogP contribution in [0.5, 0.6) is 11.8 Å². The number of amides is 1. The molecular weight excluding hydrogens is 686 g/mol. The van der Waals surface area contributed by atoms with Crippen molar-refractivity contribution in [3.05, 3.63) is 47.8 Å². The summed E-state index contributed by atoms with van der Waals surface area (Å²) in [7, 11) is 2.12. The van der Waals surface area contributed by atoms with E-state index in [-0.39, 0.29) is 42.1 Å². The molecule has 234 valence electrons. The number of rotatable bonds is 9. The van der Waals surface area contributed by atoms with Crippen molar-refractivity contribution < 1.29 is 23.5 Å². The van der Waals surface area contributed by atoms with Gasteiger partial charge in [-0.1, -0.05) is 30.3 Å². The van der Waals surface area contributed by atoms with Gasteiger partial charge >= 0.3 is 225 Å². The summed E-state index contributed by atoms with van der Waals surface area (Å²) >= 11 is 0.296. The quantitative estimate of drug-likeness (QED) is 0.285. The molecule has 2 saturated heterocycles. The number of benzene rings is 1. The number of hydrogen-bond donors (Lipinski definition) is 0. The first-order valence-corrected chi connectivity index (χ1v) is 20.1. The average Bonchev–Trinajstić information content (AvgIpc) is 3.72. The molecule has 0 radical (unpaired) electrons. The molecule has 0 saturated carbocycles. The van der Waals surface area contributed by atoms with E-state index in [0.29, 0.717) is 77.1 Å². The molecule has 0 aliphatic carbocycles. The predicted octanol–water partition coefficient (Wildman–Crippen LogP) is 4.79. The first-order chi connectivity index (χ1) is 20.8. The van der Waals surface area contributed by atoms with E-state index in [4.69, 9.17) is 33.7 Å². The molecule has 3 aromatic rings. The van der Waals surface area contributed by atoms with Gasteiger partial charge in [-0.15, -0.1) is 0 Å². The van der Waals surface area contributed by atoms with Gasteiger partial charge in [-0.3, -0.25) is 0 Å². The van der Waals surface area contributed by atoms with Crippen LogP contribution in [0.15, 0.2) is 40.9 Å². The van der Waals surface area contributed by atoms with Gasteiger partial charge < -0.3 is 0 Å². The van der Waals surface area contributed by atoms with Crippen molar-refractivity contribution in [2.45, 2.75) is 97.0 Å². The van der Waals surface area contributed by atoms with Crippen molar-refractivity contribution in [3.63, 3.8) is 0 Å². The van der Waals surface area contributed by atoms with Crippen LogP contribution in [0.2, 0.25) is 0.889 Å². The van der Waals surface area contributed by atoms with Crippen molar-refractivity contribution in [1.82, 2.24) is 29.9 Å². The third kappa shape index (κ3) is 7.79. The Labute approximate surface area is 292 Å². The first kappa shape index (κ1) is 33.2. The second kappa shape index (κ2) is 13.7. The van der Waals surface area contributed by atoms with Crippen molar-refractivity contribution >= 4 is 52.6 Å². The average molecular weight is 730 g/mol. The molecule has 11 nitrogen and oxygen atoms in total. The van der Waals surface area contributed by atoms with Gasteiger partial charge in [0.15, 0.2) is 0 Å². The molecule has 4 heterocycles. The number of ether oxygens (including phenoxy) is 3. The van der Waals surface area contributed by atoms with Crippen LogP contribution in [0.25, 0.3) is 11.7 Å². The summed E-state index contributed by atoms with van der Waals surface area (Å²) in [5.41, 5.74) is 0.0112. The van der Waals surface area contributed by atoms with E-state index in [1.807, 2.05) is 56.0 Å². The monoisotopic (exact) mass is 730 g/mol. The summed E-state index contributed by atoms with van der Waals surface area (Å²) in [6.45, 7) is 13.3. The zero-order chi connectivity index (χ0) is 31.6. The molecule has 44 heavy (non-hydrogen) atoms. The van der Waals surface area contributed by atoms with E-state index < -0.39 is 11.0 Å². The molecule has 1 amide bonds. The minimum absolute atomic E-state index is 0.0973. The maximum absolute atomic E-state index is 13.0. The third-order valence-electron chi connectivity index (χ3n) is 8.54. The van der Waals surface area contributed by atoms with Crippen molar-refractivity contribution in [2.24, 2.45) is 0 Å². The molecule has 5 rings (SSSR count). The van der Waals surface area contributed by atoms with Crippen LogP contribution in [0, 0.1) is 0 Å². The molecule has 2 fully saturated rings. The minimum Gasteiger partial charge on any atom is -0.0388 e. The van der Waals surface area contributed by atoms with Gasteiger partial charge in [-0.2, -0.15) is 0 Å². The fourth-order valence-electron chi connectivity index (χ4n) is 6.03. The van der Waals surface area contributed by atoms with E-state index in [2.05, 4.69) is 37.9 Å². The summed E-state index contributed by atoms with van der Waals surface area (Å²) in [4.78, 5) is 31.2. The van der Waals surface area contributed by atoms with E-state index in [1.165, 1.54) is 0 Å². The SMILES string of the molecule is C[C@H](Oc1cc(O[C@@H]2C[C@H]([CH2][BaH])N(C(=O)OC(C)(C)C)C2)nc(-c2nc(C(C)(C)c3ccccc3)no2)n1)[C@@H]1CCCN1C. The predicted molar refractivity (Wildman–Crippen MR) is 167 cm³/mol. The molecule has 1 aromatic carbocycles. The molecule has 2 aliphatic heterocycles. The van der Waals surface area contributed by atoms with E-state index >= 15 is 0 Å². The zero-order valence-electron chi connectivity index (χ0n) is 27.2. The first-order valence-electron chi connectivity index (χ1n) is 15.7. The second-order valence-corrected chi connectivity index (χ2v) is 16.0. The molecule has 0 unspecified atom stereocenters. The maximum atomic E-state index is 13.0. The van der Waals surface area contributed by atoms with Gasteiger partial charge in [0, 0.05) is 0 Å². The summed E-state index contributed by atoms with van der Waals surface area (Å²) in [5, 5.41) is 4.31. The van der Waals surface area contributed by atoms with Crippen molar-refractivity contribution in [1.29, 1.82) is 0 Å². The fourth-order valence-corrected chi connectivity index (χ4v) is 8.46. The van der Waals surface area contributed by atoms with Crippen LogP contribution < -0.4 is 9.47 Å². The number of aromatic nitrogens is 4. The summed E-state index contributed by atoms with van der Waals surface area (Å²) < 4.78 is 25.3. The van der Waals surface area contributed by atoms with Crippen LogP contribution in [-0.2, 0) is 10.2 Å². The molecular formula is C32H44BaN6O5. The number of carbonyl (C=O) groups excluding carboxylic acids is 1. The summed E-state index contributed by atoms with van der Waals surface area (Å²) in [5.74, 6) is 1.67. The minimum atomic E-state index is -0.561. The van der Waals surface area contributed by atoms with Gasteiger partial charge in [-0.25, -0.2) is 0 Å². The molecule has 0 spiro atoms. The smallest absolute Gasteiger partial charge is 0.0388 e. The molecule has 2 aromatic heterocycles. The number of likely N-dealkylation sites (N-methyl/N-ethyl adjacent to an activating group) is 1. The van der Waals surface area contributed by atoms with E-state index in [0.717, 1.165) is 25.8 Å².